The second-order valence-corrected chi connectivity index (χ2v) is 9.43. The van der Waals surface area contributed by atoms with Crippen LogP contribution in [0.5, 0.6) is 11.5 Å². The van der Waals surface area contributed by atoms with Crippen molar-refractivity contribution in [2.75, 3.05) is 23.3 Å². The number of amides is 1. The molecule has 2 aliphatic rings. The summed E-state index contributed by atoms with van der Waals surface area (Å²) in [6.45, 7) is 5.33. The van der Waals surface area contributed by atoms with Crippen LogP contribution >= 0.6 is 0 Å². The number of nitrogens with zero attached hydrogens (tertiary/aromatic N) is 5. The number of hydrogen-bond donors (Lipinski definition) is 2. The van der Waals surface area contributed by atoms with E-state index < -0.39 is 0 Å². The van der Waals surface area contributed by atoms with E-state index in [-0.39, 0.29) is 11.3 Å². The van der Waals surface area contributed by atoms with Crippen LogP contribution in [0.15, 0.2) is 55.1 Å². The Morgan fingerprint density at radius 2 is 2.00 bits per heavy atom. The average molecular weight is 468 g/mol. The van der Waals surface area contributed by atoms with Crippen LogP contribution in [-0.4, -0.2) is 38.9 Å². The monoisotopic (exact) mass is 467 g/mol. The molecule has 1 aliphatic carbocycles. The number of carbonyl (C=O) groups is 1. The maximum atomic E-state index is 11.9. The molecule has 0 radical (unpaired) electrons. The third-order valence-electron chi connectivity index (χ3n) is 7.02. The first-order valence-electron chi connectivity index (χ1n) is 11.6. The summed E-state index contributed by atoms with van der Waals surface area (Å²) >= 11 is 0. The fourth-order valence-corrected chi connectivity index (χ4v) is 4.88. The number of rotatable bonds is 6. The van der Waals surface area contributed by atoms with Crippen molar-refractivity contribution in [3.8, 4) is 11.5 Å². The molecule has 2 fully saturated rings. The van der Waals surface area contributed by atoms with E-state index in [1.54, 1.807) is 12.4 Å². The first-order chi connectivity index (χ1) is 16.9. The lowest BCUT2D eigenvalue weighted by Crippen LogP contribution is -2.33. The van der Waals surface area contributed by atoms with Crippen molar-refractivity contribution in [2.45, 2.75) is 20.3 Å². The zero-order valence-corrected chi connectivity index (χ0v) is 19.5. The zero-order chi connectivity index (χ0) is 24.2. The van der Waals surface area contributed by atoms with Gasteiger partial charge in [-0.3, -0.25) is 9.78 Å². The molecule has 4 aromatic rings. The molecule has 3 aromatic heterocycles. The smallest absolute Gasteiger partial charge is 0.225 e. The standard InChI is InChI=1S/C26H25N7O2/c1-15-7-18(4-6-22(15)35-19-5-3-16(2)28-10-19)32-24-20-8-23(29-11-21(20)30-14-31-24)33-12-17-9-26(17,13-33)25(27)34/h3-8,10-11,14,17H,9,12-13H2,1-2H3,(H2,27,34)(H,30,31,32). The highest BCUT2D eigenvalue weighted by molar-refractivity contribution is 5.92. The number of nitrogens with two attached hydrogens (primary N) is 1. The van der Waals surface area contributed by atoms with Gasteiger partial charge >= 0.3 is 0 Å². The lowest BCUT2D eigenvalue weighted by Gasteiger charge is -2.21. The van der Waals surface area contributed by atoms with E-state index in [9.17, 15) is 4.79 Å². The van der Waals surface area contributed by atoms with Crippen molar-refractivity contribution in [2.24, 2.45) is 17.1 Å². The van der Waals surface area contributed by atoms with Crippen molar-refractivity contribution < 1.29 is 9.53 Å². The zero-order valence-electron chi connectivity index (χ0n) is 19.5. The number of aromatic nitrogens is 4. The van der Waals surface area contributed by atoms with Crippen LogP contribution < -0.4 is 20.7 Å². The number of pyridine rings is 2. The highest BCUT2D eigenvalue weighted by atomic mass is 16.5. The molecule has 1 saturated carbocycles. The van der Waals surface area contributed by atoms with E-state index >= 15 is 0 Å². The number of anilines is 3. The molecule has 176 valence electrons. The predicted octanol–water partition coefficient (Wildman–Crippen LogP) is 3.88. The van der Waals surface area contributed by atoms with Gasteiger partial charge in [-0.1, -0.05) is 0 Å². The van der Waals surface area contributed by atoms with Gasteiger partial charge in [-0.15, -0.1) is 0 Å². The minimum absolute atomic E-state index is 0.210. The summed E-state index contributed by atoms with van der Waals surface area (Å²) in [4.78, 5) is 31.8. The molecule has 3 N–H and O–H groups in total. The van der Waals surface area contributed by atoms with Crippen LogP contribution in [0, 0.1) is 25.2 Å². The van der Waals surface area contributed by atoms with Crippen LogP contribution in [0.2, 0.25) is 0 Å². The van der Waals surface area contributed by atoms with E-state index in [2.05, 4.69) is 30.2 Å². The molecule has 6 rings (SSSR count). The first-order valence-corrected chi connectivity index (χ1v) is 11.6. The minimum atomic E-state index is -0.388. The Kier molecular flexibility index (Phi) is 4.80. The van der Waals surface area contributed by atoms with E-state index in [0.717, 1.165) is 52.4 Å². The topological polar surface area (TPSA) is 119 Å². The van der Waals surface area contributed by atoms with Crippen molar-refractivity contribution in [3.05, 3.63) is 66.4 Å². The first kappa shape index (κ1) is 21.3. The van der Waals surface area contributed by atoms with E-state index in [0.29, 0.717) is 24.0 Å². The summed E-state index contributed by atoms with van der Waals surface area (Å²) in [7, 11) is 0. The number of primary amides is 1. The molecular formula is C26H25N7O2. The maximum Gasteiger partial charge on any atom is 0.225 e. The summed E-state index contributed by atoms with van der Waals surface area (Å²) in [5.74, 6) is 3.05. The van der Waals surface area contributed by atoms with Crippen LogP contribution in [0.1, 0.15) is 17.7 Å². The molecular weight excluding hydrogens is 442 g/mol. The van der Waals surface area contributed by atoms with Crippen molar-refractivity contribution >= 4 is 34.1 Å². The maximum absolute atomic E-state index is 11.9. The minimum Gasteiger partial charge on any atom is -0.455 e. The SMILES string of the molecule is Cc1ccc(Oc2ccc(Nc3ncnc4cnc(N5CC6CC6(C(N)=O)C5)cc34)cc2C)cn1. The number of aryl methyl sites for hydroxylation is 2. The van der Waals surface area contributed by atoms with Crippen molar-refractivity contribution in [1.29, 1.82) is 0 Å². The number of carbonyl (C=O) groups excluding carboxylic acids is 1. The van der Waals surface area contributed by atoms with Gasteiger partial charge in [0, 0.05) is 29.9 Å². The van der Waals surface area contributed by atoms with Gasteiger partial charge in [0.2, 0.25) is 5.91 Å². The summed E-state index contributed by atoms with van der Waals surface area (Å²) in [6, 6.07) is 11.7. The number of nitrogens with one attached hydrogen (secondary N) is 1. The summed E-state index contributed by atoms with van der Waals surface area (Å²) in [6.07, 6.45) is 5.86. The largest absolute Gasteiger partial charge is 0.455 e. The van der Waals surface area contributed by atoms with E-state index in [1.807, 2.05) is 50.2 Å². The third kappa shape index (κ3) is 3.78. The molecule has 1 saturated heterocycles. The lowest BCUT2D eigenvalue weighted by atomic mass is 10.1. The predicted molar refractivity (Wildman–Crippen MR) is 133 cm³/mol. The van der Waals surface area contributed by atoms with Gasteiger partial charge in [0.05, 0.1) is 23.3 Å². The van der Waals surface area contributed by atoms with Gasteiger partial charge in [-0.2, -0.15) is 0 Å². The Bertz CT molecular complexity index is 1460. The van der Waals surface area contributed by atoms with E-state index in [1.165, 1.54) is 6.33 Å². The van der Waals surface area contributed by atoms with Crippen molar-refractivity contribution in [3.63, 3.8) is 0 Å². The Morgan fingerprint density at radius 1 is 1.11 bits per heavy atom. The third-order valence-corrected chi connectivity index (χ3v) is 7.02. The Hall–Kier alpha value is -4.27. The lowest BCUT2D eigenvalue weighted by molar-refractivity contribution is -0.122. The Labute approximate surface area is 202 Å². The van der Waals surface area contributed by atoms with Crippen LogP contribution in [0.25, 0.3) is 10.9 Å². The second kappa shape index (κ2) is 7.90. The molecule has 0 spiro atoms. The van der Waals surface area contributed by atoms with Crippen LogP contribution in [0.3, 0.4) is 0 Å². The highest BCUT2D eigenvalue weighted by Gasteiger charge is 2.64. The molecule has 35 heavy (non-hydrogen) atoms. The summed E-state index contributed by atoms with van der Waals surface area (Å²) in [5, 5.41) is 4.26. The molecule has 1 aromatic carbocycles. The van der Waals surface area contributed by atoms with Gasteiger partial charge < -0.3 is 20.7 Å². The molecule has 2 unspecified atom stereocenters. The average Bonchev–Trinajstić information content (AvgIpc) is 3.43. The van der Waals surface area contributed by atoms with Gasteiger partial charge in [0.15, 0.2) is 0 Å². The number of fused-ring (bicyclic) bond motifs is 2. The van der Waals surface area contributed by atoms with Gasteiger partial charge in [-0.05, 0) is 68.1 Å². The molecule has 1 amide bonds. The quantitative estimate of drug-likeness (QED) is 0.438. The molecule has 1 aliphatic heterocycles. The van der Waals surface area contributed by atoms with Crippen LogP contribution in [0.4, 0.5) is 17.3 Å². The number of hydrogen-bond acceptors (Lipinski definition) is 8. The molecule has 4 heterocycles. The number of benzene rings is 1. The Morgan fingerprint density at radius 3 is 2.74 bits per heavy atom. The fraction of sp³-hybridized carbons (Fsp3) is 0.269. The van der Waals surface area contributed by atoms with Crippen LogP contribution in [-0.2, 0) is 4.79 Å². The number of ether oxygens (including phenoxy) is 1. The van der Waals surface area contributed by atoms with Gasteiger partial charge in [0.25, 0.3) is 0 Å². The highest BCUT2D eigenvalue weighted by Crippen LogP contribution is 2.58. The second-order valence-electron chi connectivity index (χ2n) is 9.43. The van der Waals surface area contributed by atoms with Gasteiger partial charge in [-0.25, -0.2) is 15.0 Å². The number of piperidine rings is 1. The molecule has 2 atom stereocenters. The molecule has 9 heteroatoms. The van der Waals surface area contributed by atoms with E-state index in [4.69, 9.17) is 10.5 Å². The summed E-state index contributed by atoms with van der Waals surface area (Å²) in [5.41, 5.74) is 8.81. The molecule has 9 nitrogen and oxygen atoms in total. The van der Waals surface area contributed by atoms with Crippen molar-refractivity contribution in [1.82, 2.24) is 19.9 Å². The fourth-order valence-electron chi connectivity index (χ4n) is 4.88. The Balaban J connectivity index is 1.25. The van der Waals surface area contributed by atoms with Gasteiger partial charge in [0.1, 0.15) is 29.5 Å². The summed E-state index contributed by atoms with van der Waals surface area (Å²) < 4.78 is 5.99. The normalized spacial score (nSPS) is 20.5. The molecule has 0 bridgehead atoms.